The third kappa shape index (κ3) is 4.54. The van der Waals surface area contributed by atoms with Crippen LogP contribution in [0.25, 0.3) is 0 Å². The number of halogens is 4. The van der Waals surface area contributed by atoms with Gasteiger partial charge in [0.1, 0.15) is 17.6 Å². The van der Waals surface area contributed by atoms with Gasteiger partial charge in [-0.2, -0.15) is 18.3 Å². The Bertz CT molecular complexity index is 530. The van der Waals surface area contributed by atoms with Gasteiger partial charge in [-0.05, 0) is 15.9 Å². The van der Waals surface area contributed by atoms with E-state index in [4.69, 9.17) is 0 Å². The monoisotopic (exact) mass is 343 g/mol. The highest BCUT2D eigenvalue weighted by Gasteiger charge is 2.27. The lowest BCUT2D eigenvalue weighted by Gasteiger charge is -2.11. The Morgan fingerprint density at radius 2 is 2.21 bits per heavy atom. The van der Waals surface area contributed by atoms with Crippen LogP contribution >= 0.6 is 15.9 Å². The Labute approximate surface area is 113 Å². The van der Waals surface area contributed by atoms with Crippen LogP contribution in [0.5, 0.6) is 0 Å². The normalized spacial score (nSPS) is 11.2. The number of carbonyl (C=O) groups is 1. The summed E-state index contributed by atoms with van der Waals surface area (Å²) in [6.45, 7) is -1.72. The lowest BCUT2D eigenvalue weighted by atomic mass is 10.4. The van der Waals surface area contributed by atoms with E-state index in [-0.39, 0.29) is 10.2 Å². The van der Waals surface area contributed by atoms with Crippen LogP contribution in [0.15, 0.2) is 15.5 Å². The molecule has 1 heterocycles. The maximum atomic E-state index is 12.0. The quantitative estimate of drug-likeness (QED) is 0.830. The van der Waals surface area contributed by atoms with E-state index in [0.717, 1.165) is 18.0 Å². The van der Waals surface area contributed by atoms with Crippen LogP contribution in [0.2, 0.25) is 0 Å². The first-order chi connectivity index (χ1) is 8.74. The molecular weight excluding hydrogens is 335 g/mol. The Morgan fingerprint density at radius 3 is 2.74 bits per heavy atom. The van der Waals surface area contributed by atoms with E-state index in [9.17, 15) is 22.8 Å². The summed E-state index contributed by atoms with van der Waals surface area (Å²) in [5.74, 6) is -0.697. The molecule has 0 aliphatic carbocycles. The van der Waals surface area contributed by atoms with E-state index in [1.54, 1.807) is 0 Å². The molecule has 6 nitrogen and oxygen atoms in total. The molecule has 0 spiro atoms. The van der Waals surface area contributed by atoms with E-state index >= 15 is 0 Å². The molecule has 0 saturated carbocycles. The SMILES string of the molecule is COC(=O)Cn1ncc(NCC(F)(F)F)c(Br)c1=O. The minimum atomic E-state index is -4.42. The van der Waals surface area contributed by atoms with Crippen LogP contribution in [0.3, 0.4) is 0 Å². The van der Waals surface area contributed by atoms with Gasteiger partial charge >= 0.3 is 12.1 Å². The number of esters is 1. The number of anilines is 1. The van der Waals surface area contributed by atoms with Crippen molar-refractivity contribution in [2.75, 3.05) is 19.0 Å². The Balaban J connectivity index is 2.92. The fraction of sp³-hybridized carbons (Fsp3) is 0.444. The second kappa shape index (κ2) is 6.04. The number of aromatic nitrogens is 2. The summed E-state index contributed by atoms with van der Waals surface area (Å²) in [5, 5.41) is 5.60. The van der Waals surface area contributed by atoms with E-state index in [1.807, 2.05) is 5.32 Å². The van der Waals surface area contributed by atoms with Crippen molar-refractivity contribution in [3.05, 3.63) is 21.0 Å². The lowest BCUT2D eigenvalue weighted by Crippen LogP contribution is -2.29. The molecule has 106 valence electrons. The zero-order valence-electron chi connectivity index (χ0n) is 9.62. The first kappa shape index (κ1) is 15.5. The summed E-state index contributed by atoms with van der Waals surface area (Å²) in [4.78, 5) is 22.7. The molecule has 0 unspecified atom stereocenters. The first-order valence-corrected chi connectivity index (χ1v) is 5.67. The minimum absolute atomic E-state index is 0.108. The van der Waals surface area contributed by atoms with Gasteiger partial charge in [-0.1, -0.05) is 0 Å². The molecular formula is C9H9BrF3N3O3. The van der Waals surface area contributed by atoms with Gasteiger partial charge < -0.3 is 10.1 Å². The number of methoxy groups -OCH3 is 1. The van der Waals surface area contributed by atoms with Crippen LogP contribution in [0.1, 0.15) is 0 Å². The van der Waals surface area contributed by atoms with Crippen LogP contribution in [-0.4, -0.2) is 35.6 Å². The van der Waals surface area contributed by atoms with Crippen molar-refractivity contribution >= 4 is 27.6 Å². The average molecular weight is 344 g/mol. The molecule has 10 heteroatoms. The molecule has 0 aromatic carbocycles. The minimum Gasteiger partial charge on any atom is -0.468 e. The predicted molar refractivity (Wildman–Crippen MR) is 62.8 cm³/mol. The molecule has 0 atom stereocenters. The first-order valence-electron chi connectivity index (χ1n) is 4.87. The van der Waals surface area contributed by atoms with Gasteiger partial charge in [0, 0.05) is 0 Å². The fourth-order valence-electron chi connectivity index (χ4n) is 1.08. The lowest BCUT2D eigenvalue weighted by molar-refractivity contribution is -0.141. The van der Waals surface area contributed by atoms with Gasteiger partial charge in [0.2, 0.25) is 0 Å². The zero-order valence-corrected chi connectivity index (χ0v) is 11.2. The van der Waals surface area contributed by atoms with Gasteiger partial charge in [-0.25, -0.2) is 4.68 Å². The van der Waals surface area contributed by atoms with Gasteiger partial charge in [0.15, 0.2) is 0 Å². The highest BCUT2D eigenvalue weighted by atomic mass is 79.9. The highest BCUT2D eigenvalue weighted by molar-refractivity contribution is 9.10. The summed E-state index contributed by atoms with van der Waals surface area (Å²) in [5.41, 5.74) is -0.846. The molecule has 1 aromatic heterocycles. The number of hydrogen-bond acceptors (Lipinski definition) is 5. The maximum absolute atomic E-state index is 12.0. The van der Waals surface area contributed by atoms with Crippen LogP contribution in [0, 0.1) is 0 Å². The van der Waals surface area contributed by atoms with Gasteiger partial charge in [0.25, 0.3) is 5.56 Å². The maximum Gasteiger partial charge on any atom is 0.405 e. The Kier molecular flexibility index (Phi) is 4.92. The van der Waals surface area contributed by atoms with Crippen LogP contribution in [0.4, 0.5) is 18.9 Å². The number of nitrogens with one attached hydrogen (secondary N) is 1. The number of alkyl halides is 3. The van der Waals surface area contributed by atoms with Crippen molar-refractivity contribution < 1.29 is 22.7 Å². The van der Waals surface area contributed by atoms with Crippen molar-refractivity contribution in [3.63, 3.8) is 0 Å². The molecule has 0 radical (unpaired) electrons. The second-order valence-corrected chi connectivity index (χ2v) is 4.17. The van der Waals surface area contributed by atoms with Crippen LogP contribution < -0.4 is 10.9 Å². The molecule has 1 rings (SSSR count). The fourth-order valence-corrected chi connectivity index (χ4v) is 1.53. The van der Waals surface area contributed by atoms with E-state index in [0.29, 0.717) is 0 Å². The van der Waals surface area contributed by atoms with Crippen LogP contribution in [-0.2, 0) is 16.1 Å². The molecule has 19 heavy (non-hydrogen) atoms. The number of nitrogens with zero attached hydrogens (tertiary/aromatic N) is 2. The van der Waals surface area contributed by atoms with E-state index < -0.39 is 30.8 Å². The number of hydrogen-bond donors (Lipinski definition) is 1. The number of carbonyl (C=O) groups excluding carboxylic acids is 1. The third-order valence-corrected chi connectivity index (χ3v) is 2.74. The number of rotatable bonds is 4. The Hall–Kier alpha value is -1.58. The van der Waals surface area contributed by atoms with E-state index in [2.05, 4.69) is 25.8 Å². The van der Waals surface area contributed by atoms with Crippen molar-refractivity contribution in [2.24, 2.45) is 0 Å². The predicted octanol–water partition coefficient (Wildman–Crippen LogP) is 1.15. The van der Waals surface area contributed by atoms with Crippen molar-refractivity contribution in [2.45, 2.75) is 12.7 Å². The highest BCUT2D eigenvalue weighted by Crippen LogP contribution is 2.20. The molecule has 0 fully saturated rings. The van der Waals surface area contributed by atoms with Crippen molar-refractivity contribution in [1.82, 2.24) is 9.78 Å². The van der Waals surface area contributed by atoms with Gasteiger partial charge in [0.05, 0.1) is 19.0 Å². The smallest absolute Gasteiger partial charge is 0.405 e. The largest absolute Gasteiger partial charge is 0.468 e. The number of ether oxygens (including phenoxy) is 1. The Morgan fingerprint density at radius 1 is 1.58 bits per heavy atom. The second-order valence-electron chi connectivity index (χ2n) is 3.38. The van der Waals surface area contributed by atoms with Gasteiger partial charge in [-0.15, -0.1) is 0 Å². The molecule has 0 bridgehead atoms. The molecule has 0 aliphatic heterocycles. The topological polar surface area (TPSA) is 73.2 Å². The molecule has 1 aromatic rings. The van der Waals surface area contributed by atoms with E-state index in [1.165, 1.54) is 0 Å². The summed E-state index contributed by atoms with van der Waals surface area (Å²) in [6, 6.07) is 0. The summed E-state index contributed by atoms with van der Waals surface area (Å²) in [7, 11) is 1.14. The standard InChI is InChI=1S/C9H9BrF3N3O3/c1-19-6(17)3-16-8(18)7(10)5(2-15-16)14-4-9(11,12)13/h2,14H,3-4H2,1H3. The summed E-state index contributed by atoms with van der Waals surface area (Å²) < 4.78 is 41.1. The molecule has 0 amide bonds. The van der Waals surface area contributed by atoms with Gasteiger partial charge in [-0.3, -0.25) is 9.59 Å². The third-order valence-electron chi connectivity index (χ3n) is 1.97. The molecule has 1 N–H and O–H groups in total. The average Bonchev–Trinajstić information content (AvgIpc) is 2.32. The zero-order chi connectivity index (χ0) is 14.6. The summed E-state index contributed by atoms with van der Waals surface area (Å²) >= 11 is 2.86. The van der Waals surface area contributed by atoms with Crippen molar-refractivity contribution in [1.29, 1.82) is 0 Å². The summed E-state index contributed by atoms with van der Waals surface area (Å²) in [6.07, 6.45) is -3.40. The van der Waals surface area contributed by atoms with Crippen molar-refractivity contribution in [3.8, 4) is 0 Å². The molecule has 0 saturated heterocycles. The molecule has 0 aliphatic rings.